The summed E-state index contributed by atoms with van der Waals surface area (Å²) in [7, 11) is 0. The SMILES string of the molecule is C[C@@H]1CN(Cc2csc(Nc3ccccc3)n2)C[C@H](C)O1. The zero-order chi connectivity index (χ0) is 14.7. The first-order valence-corrected chi connectivity index (χ1v) is 8.21. The average Bonchev–Trinajstić information content (AvgIpc) is 2.86. The third-order valence-electron chi connectivity index (χ3n) is 3.46. The van der Waals surface area contributed by atoms with Gasteiger partial charge in [0.1, 0.15) is 0 Å². The van der Waals surface area contributed by atoms with E-state index in [1.807, 2.05) is 30.3 Å². The molecule has 2 heterocycles. The van der Waals surface area contributed by atoms with Crippen LogP contribution in [0.15, 0.2) is 35.7 Å². The molecule has 0 spiro atoms. The average molecular weight is 303 g/mol. The zero-order valence-corrected chi connectivity index (χ0v) is 13.3. The van der Waals surface area contributed by atoms with Gasteiger partial charge in [-0.2, -0.15) is 0 Å². The van der Waals surface area contributed by atoms with E-state index in [4.69, 9.17) is 4.74 Å². The van der Waals surface area contributed by atoms with Gasteiger partial charge in [-0.15, -0.1) is 11.3 Å². The summed E-state index contributed by atoms with van der Waals surface area (Å²) in [6, 6.07) is 10.2. The topological polar surface area (TPSA) is 37.4 Å². The molecule has 1 aromatic heterocycles. The first kappa shape index (κ1) is 14.5. The summed E-state index contributed by atoms with van der Waals surface area (Å²) in [5.41, 5.74) is 2.20. The minimum Gasteiger partial charge on any atom is -0.373 e. The lowest BCUT2D eigenvalue weighted by Crippen LogP contribution is -2.44. The van der Waals surface area contributed by atoms with Crippen molar-refractivity contribution in [2.75, 3.05) is 18.4 Å². The van der Waals surface area contributed by atoms with E-state index < -0.39 is 0 Å². The number of para-hydroxylation sites is 1. The van der Waals surface area contributed by atoms with Crippen molar-refractivity contribution in [1.29, 1.82) is 0 Å². The van der Waals surface area contributed by atoms with Crippen LogP contribution in [0.4, 0.5) is 10.8 Å². The van der Waals surface area contributed by atoms with E-state index in [1.54, 1.807) is 11.3 Å². The van der Waals surface area contributed by atoms with E-state index in [2.05, 4.69) is 34.4 Å². The minimum absolute atomic E-state index is 0.300. The van der Waals surface area contributed by atoms with Gasteiger partial charge in [-0.05, 0) is 26.0 Å². The second kappa shape index (κ2) is 6.56. The van der Waals surface area contributed by atoms with E-state index in [0.29, 0.717) is 12.2 Å². The van der Waals surface area contributed by atoms with Crippen molar-refractivity contribution in [2.24, 2.45) is 0 Å². The van der Waals surface area contributed by atoms with Gasteiger partial charge in [-0.1, -0.05) is 18.2 Å². The molecule has 0 aliphatic carbocycles. The van der Waals surface area contributed by atoms with Crippen LogP contribution in [0.5, 0.6) is 0 Å². The summed E-state index contributed by atoms with van der Waals surface area (Å²) >= 11 is 1.65. The van der Waals surface area contributed by atoms with Gasteiger partial charge in [-0.25, -0.2) is 4.98 Å². The summed E-state index contributed by atoms with van der Waals surface area (Å²) < 4.78 is 5.77. The van der Waals surface area contributed by atoms with Crippen molar-refractivity contribution in [3.63, 3.8) is 0 Å². The van der Waals surface area contributed by atoms with E-state index in [-0.39, 0.29) is 0 Å². The Morgan fingerprint density at radius 2 is 1.95 bits per heavy atom. The van der Waals surface area contributed by atoms with E-state index in [0.717, 1.165) is 36.1 Å². The van der Waals surface area contributed by atoms with Crippen molar-refractivity contribution in [1.82, 2.24) is 9.88 Å². The Balaban J connectivity index is 1.60. The number of aromatic nitrogens is 1. The summed E-state index contributed by atoms with van der Waals surface area (Å²) in [6.45, 7) is 7.11. The number of thiazole rings is 1. The number of rotatable bonds is 4. The maximum absolute atomic E-state index is 5.77. The lowest BCUT2D eigenvalue weighted by Gasteiger charge is -2.34. The van der Waals surface area contributed by atoms with Gasteiger partial charge in [0.05, 0.1) is 17.9 Å². The van der Waals surface area contributed by atoms with Gasteiger partial charge < -0.3 is 10.1 Å². The molecule has 21 heavy (non-hydrogen) atoms. The molecule has 0 radical (unpaired) electrons. The molecule has 1 aliphatic rings. The van der Waals surface area contributed by atoms with E-state index in [1.165, 1.54) is 0 Å². The zero-order valence-electron chi connectivity index (χ0n) is 12.5. The molecule has 2 atom stereocenters. The van der Waals surface area contributed by atoms with Crippen LogP contribution in [0, 0.1) is 0 Å². The molecule has 112 valence electrons. The van der Waals surface area contributed by atoms with Crippen molar-refractivity contribution in [3.8, 4) is 0 Å². The number of benzene rings is 1. The van der Waals surface area contributed by atoms with E-state index >= 15 is 0 Å². The second-order valence-corrected chi connectivity index (χ2v) is 6.44. The molecule has 0 saturated carbocycles. The van der Waals surface area contributed by atoms with Gasteiger partial charge in [0, 0.05) is 30.7 Å². The molecule has 1 fully saturated rings. The number of hydrogen-bond acceptors (Lipinski definition) is 5. The van der Waals surface area contributed by atoms with Gasteiger partial charge in [0.15, 0.2) is 5.13 Å². The van der Waals surface area contributed by atoms with Crippen molar-refractivity contribution < 1.29 is 4.74 Å². The third kappa shape index (κ3) is 4.03. The molecule has 1 aliphatic heterocycles. The van der Waals surface area contributed by atoms with Crippen LogP contribution in [0.3, 0.4) is 0 Å². The fourth-order valence-electron chi connectivity index (χ4n) is 2.72. The summed E-state index contributed by atoms with van der Waals surface area (Å²) in [4.78, 5) is 7.09. The van der Waals surface area contributed by atoms with Crippen LogP contribution in [-0.2, 0) is 11.3 Å². The fraction of sp³-hybridized carbons (Fsp3) is 0.438. The van der Waals surface area contributed by atoms with Crippen molar-refractivity contribution in [3.05, 3.63) is 41.4 Å². The third-order valence-corrected chi connectivity index (χ3v) is 4.26. The number of nitrogens with one attached hydrogen (secondary N) is 1. The number of nitrogens with zero attached hydrogens (tertiary/aromatic N) is 2. The maximum Gasteiger partial charge on any atom is 0.187 e. The molecule has 4 nitrogen and oxygen atoms in total. The summed E-state index contributed by atoms with van der Waals surface area (Å²) in [5.74, 6) is 0. The Kier molecular flexibility index (Phi) is 4.53. The molecule has 0 amide bonds. The highest BCUT2D eigenvalue weighted by atomic mass is 32.1. The Morgan fingerprint density at radius 1 is 1.24 bits per heavy atom. The molecular weight excluding hydrogens is 282 g/mol. The highest BCUT2D eigenvalue weighted by molar-refractivity contribution is 7.13. The smallest absolute Gasteiger partial charge is 0.187 e. The number of anilines is 2. The van der Waals surface area contributed by atoms with Gasteiger partial charge >= 0.3 is 0 Å². The first-order valence-electron chi connectivity index (χ1n) is 7.33. The normalized spacial score (nSPS) is 23.1. The monoisotopic (exact) mass is 303 g/mol. The molecule has 5 heteroatoms. The highest BCUT2D eigenvalue weighted by Gasteiger charge is 2.22. The number of morpholine rings is 1. The number of ether oxygens (including phenoxy) is 1. The van der Waals surface area contributed by atoms with Crippen molar-refractivity contribution in [2.45, 2.75) is 32.6 Å². The predicted molar refractivity (Wildman–Crippen MR) is 87.1 cm³/mol. The van der Waals surface area contributed by atoms with Crippen LogP contribution >= 0.6 is 11.3 Å². The molecule has 0 unspecified atom stereocenters. The number of hydrogen-bond donors (Lipinski definition) is 1. The standard InChI is InChI=1S/C16H21N3OS/c1-12-8-19(9-13(2)20-12)10-15-11-21-16(18-15)17-14-6-4-3-5-7-14/h3-7,11-13H,8-10H2,1-2H3,(H,17,18)/t12-,13+. The lowest BCUT2D eigenvalue weighted by molar-refractivity contribution is -0.0707. The van der Waals surface area contributed by atoms with Crippen LogP contribution in [0.2, 0.25) is 0 Å². The Bertz CT molecular complexity index is 562. The molecule has 1 N–H and O–H groups in total. The summed E-state index contributed by atoms with van der Waals surface area (Å²) in [6.07, 6.45) is 0.601. The second-order valence-electron chi connectivity index (χ2n) is 5.59. The molecule has 2 aromatic rings. The first-order chi connectivity index (χ1) is 10.2. The fourth-order valence-corrected chi connectivity index (χ4v) is 3.45. The van der Waals surface area contributed by atoms with Crippen LogP contribution in [0.25, 0.3) is 0 Å². The van der Waals surface area contributed by atoms with Gasteiger partial charge in [0.2, 0.25) is 0 Å². The Hall–Kier alpha value is -1.43. The highest BCUT2D eigenvalue weighted by Crippen LogP contribution is 2.22. The maximum atomic E-state index is 5.77. The molecule has 0 bridgehead atoms. The summed E-state index contributed by atoms with van der Waals surface area (Å²) in [5, 5.41) is 6.43. The van der Waals surface area contributed by atoms with Crippen LogP contribution in [-0.4, -0.2) is 35.2 Å². The van der Waals surface area contributed by atoms with E-state index in [9.17, 15) is 0 Å². The molecule has 3 rings (SSSR count). The largest absolute Gasteiger partial charge is 0.373 e. The predicted octanol–water partition coefficient (Wildman–Crippen LogP) is 3.50. The van der Waals surface area contributed by atoms with Crippen molar-refractivity contribution >= 4 is 22.2 Å². The van der Waals surface area contributed by atoms with Gasteiger partial charge in [-0.3, -0.25) is 4.90 Å². The Labute approximate surface area is 129 Å². The molecule has 1 aromatic carbocycles. The lowest BCUT2D eigenvalue weighted by atomic mass is 10.2. The van der Waals surface area contributed by atoms with Crippen LogP contribution in [0.1, 0.15) is 19.5 Å². The Morgan fingerprint density at radius 3 is 2.67 bits per heavy atom. The molecule has 1 saturated heterocycles. The quantitative estimate of drug-likeness (QED) is 0.938. The molecular formula is C16H21N3OS. The van der Waals surface area contributed by atoms with Crippen LogP contribution < -0.4 is 5.32 Å². The van der Waals surface area contributed by atoms with Gasteiger partial charge in [0.25, 0.3) is 0 Å². The minimum atomic E-state index is 0.300.